The van der Waals surface area contributed by atoms with Crippen LogP contribution in [0.3, 0.4) is 0 Å². The van der Waals surface area contributed by atoms with E-state index in [1.807, 2.05) is 17.9 Å². The van der Waals surface area contributed by atoms with E-state index in [1.165, 1.54) is 0 Å². The number of amides is 1. The number of ether oxygens (including phenoxy) is 1. The number of carbonyl (C=O) groups excluding carboxylic acids is 1. The molecule has 3 heterocycles. The second-order valence-corrected chi connectivity index (χ2v) is 7.90. The van der Waals surface area contributed by atoms with Crippen molar-refractivity contribution in [2.24, 2.45) is 0 Å². The van der Waals surface area contributed by atoms with Gasteiger partial charge in [-0.1, -0.05) is 29.8 Å². The van der Waals surface area contributed by atoms with Crippen molar-refractivity contribution in [2.75, 3.05) is 26.7 Å². The molecule has 1 aromatic heterocycles. The minimum Gasteiger partial charge on any atom is -0.485 e. The fraction of sp³-hybridized carbons (Fsp3) is 0.524. The number of likely N-dealkylation sites (tertiary alicyclic amines) is 1. The molecule has 2 aromatic rings. The van der Waals surface area contributed by atoms with E-state index in [-0.39, 0.29) is 11.5 Å². The van der Waals surface area contributed by atoms with E-state index >= 15 is 0 Å². The number of nitrogens with zero attached hydrogens (tertiary/aromatic N) is 3. The van der Waals surface area contributed by atoms with Gasteiger partial charge in [0, 0.05) is 44.1 Å². The first-order chi connectivity index (χ1) is 13.0. The van der Waals surface area contributed by atoms with Crippen molar-refractivity contribution < 1.29 is 14.1 Å². The van der Waals surface area contributed by atoms with Crippen LogP contribution in [0.1, 0.15) is 47.1 Å². The van der Waals surface area contributed by atoms with Gasteiger partial charge >= 0.3 is 0 Å². The number of rotatable bonds is 2. The smallest absolute Gasteiger partial charge is 0.292 e. The maximum atomic E-state index is 13.2. The first-order valence-electron chi connectivity index (χ1n) is 9.70. The summed E-state index contributed by atoms with van der Waals surface area (Å²) in [5, 5.41) is 3.99. The topological polar surface area (TPSA) is 58.8 Å². The highest BCUT2D eigenvalue weighted by molar-refractivity contribution is 5.91. The molecular weight excluding hydrogens is 342 g/mol. The fourth-order valence-electron chi connectivity index (χ4n) is 3.97. The molecule has 0 aliphatic carbocycles. The molecule has 6 heteroatoms. The number of hydrogen-bond donors (Lipinski definition) is 0. The molecule has 0 radical (unpaired) electrons. The molecule has 0 N–H and O–H groups in total. The maximum Gasteiger partial charge on any atom is 0.292 e. The molecule has 0 bridgehead atoms. The molecule has 2 aliphatic heterocycles. The van der Waals surface area contributed by atoms with Crippen LogP contribution in [0.5, 0.6) is 5.75 Å². The number of fused-ring (bicyclic) bond motifs is 1. The quantitative estimate of drug-likeness (QED) is 0.814. The van der Waals surface area contributed by atoms with Gasteiger partial charge in [-0.3, -0.25) is 4.79 Å². The molecule has 0 unspecified atom stereocenters. The summed E-state index contributed by atoms with van der Waals surface area (Å²) in [5.74, 6) is 1.09. The second-order valence-electron chi connectivity index (χ2n) is 7.90. The average molecular weight is 369 g/mol. The number of aryl methyl sites for hydroxylation is 2. The van der Waals surface area contributed by atoms with Crippen molar-refractivity contribution >= 4 is 5.91 Å². The molecule has 2 aliphatic rings. The van der Waals surface area contributed by atoms with Crippen molar-refractivity contribution in [1.29, 1.82) is 0 Å². The normalized spacial score (nSPS) is 19.4. The SMILES string of the molecule is CCc1cc(C(=O)N2Cc3cc(C)ccc3OC3(CCN(C)CC3)C2)on1. The highest BCUT2D eigenvalue weighted by Gasteiger charge is 2.42. The largest absolute Gasteiger partial charge is 0.485 e. The summed E-state index contributed by atoms with van der Waals surface area (Å²) in [4.78, 5) is 17.4. The molecule has 4 rings (SSSR count). The Bertz CT molecular complexity index is 837. The number of piperidine rings is 1. The van der Waals surface area contributed by atoms with E-state index in [4.69, 9.17) is 9.26 Å². The Morgan fingerprint density at radius 1 is 1.26 bits per heavy atom. The van der Waals surface area contributed by atoms with Gasteiger partial charge in [-0.2, -0.15) is 0 Å². The van der Waals surface area contributed by atoms with Crippen LogP contribution in [0.15, 0.2) is 28.8 Å². The van der Waals surface area contributed by atoms with Gasteiger partial charge in [-0.25, -0.2) is 0 Å². The Labute approximate surface area is 160 Å². The lowest BCUT2D eigenvalue weighted by Crippen LogP contribution is -2.53. The van der Waals surface area contributed by atoms with Gasteiger partial charge in [-0.05, 0) is 26.5 Å². The third-order valence-corrected chi connectivity index (χ3v) is 5.70. The number of benzene rings is 1. The summed E-state index contributed by atoms with van der Waals surface area (Å²) < 4.78 is 11.9. The highest BCUT2D eigenvalue weighted by atomic mass is 16.5. The van der Waals surface area contributed by atoms with E-state index in [1.54, 1.807) is 6.07 Å². The van der Waals surface area contributed by atoms with Crippen molar-refractivity contribution in [2.45, 2.75) is 45.3 Å². The van der Waals surface area contributed by atoms with Crippen LogP contribution in [-0.2, 0) is 13.0 Å². The number of aromatic nitrogens is 1. The van der Waals surface area contributed by atoms with Gasteiger partial charge in [0.2, 0.25) is 5.76 Å². The summed E-state index contributed by atoms with van der Waals surface area (Å²) in [7, 11) is 2.13. The Morgan fingerprint density at radius 2 is 2.04 bits per heavy atom. The zero-order valence-corrected chi connectivity index (χ0v) is 16.3. The monoisotopic (exact) mass is 369 g/mol. The molecule has 1 amide bonds. The molecule has 1 fully saturated rings. The third-order valence-electron chi connectivity index (χ3n) is 5.70. The first kappa shape index (κ1) is 18.0. The van der Waals surface area contributed by atoms with Crippen LogP contribution in [0.4, 0.5) is 0 Å². The Hall–Kier alpha value is -2.34. The van der Waals surface area contributed by atoms with Gasteiger partial charge in [0.25, 0.3) is 5.91 Å². The van der Waals surface area contributed by atoms with Gasteiger partial charge in [0.1, 0.15) is 11.4 Å². The summed E-state index contributed by atoms with van der Waals surface area (Å²) in [6.07, 6.45) is 2.55. The van der Waals surface area contributed by atoms with Crippen molar-refractivity contribution in [1.82, 2.24) is 15.0 Å². The molecule has 1 aromatic carbocycles. The molecule has 0 saturated carbocycles. The van der Waals surface area contributed by atoms with E-state index in [0.29, 0.717) is 18.8 Å². The van der Waals surface area contributed by atoms with Crippen molar-refractivity contribution in [3.05, 3.63) is 46.8 Å². The van der Waals surface area contributed by atoms with Crippen LogP contribution < -0.4 is 4.74 Å². The van der Waals surface area contributed by atoms with Crippen LogP contribution in [-0.4, -0.2) is 53.1 Å². The summed E-state index contributed by atoms with van der Waals surface area (Å²) in [6, 6.07) is 7.99. The fourth-order valence-corrected chi connectivity index (χ4v) is 3.97. The highest BCUT2D eigenvalue weighted by Crippen LogP contribution is 2.36. The Balaban J connectivity index is 1.68. The molecular formula is C21H27N3O3. The summed E-state index contributed by atoms with van der Waals surface area (Å²) >= 11 is 0. The van der Waals surface area contributed by atoms with E-state index in [0.717, 1.165) is 54.9 Å². The predicted molar refractivity (Wildman–Crippen MR) is 102 cm³/mol. The van der Waals surface area contributed by atoms with Crippen LogP contribution in [0, 0.1) is 6.92 Å². The van der Waals surface area contributed by atoms with Crippen LogP contribution in [0.25, 0.3) is 0 Å². The lowest BCUT2D eigenvalue weighted by molar-refractivity contribution is -0.0110. The van der Waals surface area contributed by atoms with Gasteiger partial charge in [0.05, 0.1) is 12.2 Å². The Kier molecular flexibility index (Phi) is 4.68. The van der Waals surface area contributed by atoms with Crippen LogP contribution in [0.2, 0.25) is 0 Å². The minimum absolute atomic E-state index is 0.113. The predicted octanol–water partition coefficient (Wildman–Crippen LogP) is 3.04. The summed E-state index contributed by atoms with van der Waals surface area (Å²) in [5.41, 5.74) is 2.66. The zero-order valence-electron chi connectivity index (χ0n) is 16.3. The van der Waals surface area contributed by atoms with E-state index in [2.05, 4.69) is 36.2 Å². The molecule has 144 valence electrons. The lowest BCUT2D eigenvalue weighted by Gasteiger charge is -2.41. The van der Waals surface area contributed by atoms with Gasteiger partial charge in [-0.15, -0.1) is 0 Å². The summed E-state index contributed by atoms with van der Waals surface area (Å²) in [6.45, 7) is 7.08. The van der Waals surface area contributed by atoms with E-state index in [9.17, 15) is 4.79 Å². The first-order valence-corrected chi connectivity index (χ1v) is 9.70. The standard InChI is InChI=1S/C21H27N3O3/c1-4-17-12-19(27-22-17)20(25)24-13-16-11-15(2)5-6-18(16)26-21(14-24)7-9-23(3)10-8-21/h5-6,11-12H,4,7-10,13-14H2,1-3H3. The molecule has 1 spiro atoms. The second kappa shape index (κ2) is 7.00. The molecule has 0 atom stereocenters. The minimum atomic E-state index is -0.351. The number of hydrogen-bond acceptors (Lipinski definition) is 5. The molecule has 27 heavy (non-hydrogen) atoms. The van der Waals surface area contributed by atoms with Gasteiger partial charge < -0.3 is 19.1 Å². The van der Waals surface area contributed by atoms with Gasteiger partial charge in [0.15, 0.2) is 0 Å². The van der Waals surface area contributed by atoms with E-state index < -0.39 is 0 Å². The third kappa shape index (κ3) is 3.58. The Morgan fingerprint density at radius 3 is 2.74 bits per heavy atom. The van der Waals surface area contributed by atoms with Crippen molar-refractivity contribution in [3.63, 3.8) is 0 Å². The molecule has 6 nitrogen and oxygen atoms in total. The molecule has 1 saturated heterocycles. The average Bonchev–Trinajstić information content (AvgIpc) is 3.08. The van der Waals surface area contributed by atoms with Crippen molar-refractivity contribution in [3.8, 4) is 5.75 Å². The zero-order chi connectivity index (χ0) is 19.0. The lowest BCUT2D eigenvalue weighted by atomic mass is 9.90. The maximum absolute atomic E-state index is 13.2. The van der Waals surface area contributed by atoms with Crippen LogP contribution >= 0.6 is 0 Å². The number of carbonyl (C=O) groups is 1.